The van der Waals surface area contributed by atoms with Gasteiger partial charge in [-0.1, -0.05) is 0 Å². The third kappa shape index (κ3) is 2.88. The molecule has 0 aromatic heterocycles. The van der Waals surface area contributed by atoms with Crippen LogP contribution in [-0.4, -0.2) is 61.8 Å². The van der Waals surface area contributed by atoms with E-state index >= 15 is 0 Å². The van der Waals surface area contributed by atoms with Gasteiger partial charge in [-0.3, -0.25) is 0 Å². The minimum absolute atomic E-state index is 0.0584. The summed E-state index contributed by atoms with van der Waals surface area (Å²) >= 11 is 0. The van der Waals surface area contributed by atoms with Crippen LogP contribution in [0.4, 0.5) is 8.78 Å². The van der Waals surface area contributed by atoms with Gasteiger partial charge in [-0.05, 0) is 6.42 Å². The molecule has 0 saturated carbocycles. The molecule has 1 N–H and O–H groups in total. The fourth-order valence-corrected chi connectivity index (χ4v) is 2.87. The maximum atomic E-state index is 12.5. The van der Waals surface area contributed by atoms with Gasteiger partial charge < -0.3 is 5.11 Å². The van der Waals surface area contributed by atoms with E-state index < -0.39 is 28.7 Å². The molecular weight excluding hydrogens is 242 g/mol. The Bertz CT molecular complexity index is 334. The Labute approximate surface area is 93.8 Å². The lowest BCUT2D eigenvalue weighted by atomic mass is 9.98. The number of rotatable bonds is 3. The number of aliphatic hydroxyl groups is 1. The number of hydrogen-bond donors (Lipinski definition) is 1. The highest BCUT2D eigenvalue weighted by atomic mass is 32.2. The van der Waals surface area contributed by atoms with Crippen LogP contribution in [0.1, 0.15) is 6.42 Å². The molecule has 0 aromatic rings. The molecule has 0 aromatic carbocycles. The maximum Gasteiger partial charge on any atom is 0.281 e. The molecule has 1 aliphatic rings. The molecule has 0 amide bonds. The molecule has 1 aliphatic heterocycles. The molecule has 96 valence electrons. The summed E-state index contributed by atoms with van der Waals surface area (Å²) < 4.78 is 50.3. The van der Waals surface area contributed by atoms with Gasteiger partial charge in [0.1, 0.15) is 0 Å². The van der Waals surface area contributed by atoms with Crippen LogP contribution in [0.25, 0.3) is 0 Å². The number of alkyl halides is 2. The number of hydrogen-bond acceptors (Lipinski definition) is 3. The SMILES string of the molecule is CN(C)S(=O)(=O)N1CC(C(F)F)C[C@H](O)C1. The van der Waals surface area contributed by atoms with Gasteiger partial charge >= 0.3 is 0 Å². The lowest BCUT2D eigenvalue weighted by Crippen LogP contribution is -2.51. The highest BCUT2D eigenvalue weighted by Crippen LogP contribution is 2.25. The average Bonchev–Trinajstić information content (AvgIpc) is 2.16. The van der Waals surface area contributed by atoms with Crippen LogP contribution >= 0.6 is 0 Å². The molecule has 1 saturated heterocycles. The fraction of sp³-hybridized carbons (Fsp3) is 1.00. The Hall–Kier alpha value is -0.310. The second-order valence-electron chi connectivity index (χ2n) is 4.09. The first-order chi connectivity index (χ1) is 7.25. The standard InChI is InChI=1S/C8H16F2N2O3S/c1-11(2)16(14,15)12-4-6(8(9)10)3-7(13)5-12/h6-8,13H,3-5H2,1-2H3/t6?,7-/m0/s1. The minimum Gasteiger partial charge on any atom is -0.392 e. The predicted molar refractivity (Wildman–Crippen MR) is 54.3 cm³/mol. The van der Waals surface area contributed by atoms with E-state index in [9.17, 15) is 22.3 Å². The molecule has 0 radical (unpaired) electrons. The van der Waals surface area contributed by atoms with Crippen molar-refractivity contribution in [3.8, 4) is 0 Å². The van der Waals surface area contributed by atoms with Crippen molar-refractivity contribution < 1.29 is 22.3 Å². The van der Waals surface area contributed by atoms with Crippen molar-refractivity contribution in [3.05, 3.63) is 0 Å². The van der Waals surface area contributed by atoms with Gasteiger partial charge in [-0.15, -0.1) is 0 Å². The van der Waals surface area contributed by atoms with Gasteiger partial charge in [0, 0.05) is 33.1 Å². The maximum absolute atomic E-state index is 12.5. The number of piperidine rings is 1. The van der Waals surface area contributed by atoms with Crippen molar-refractivity contribution in [2.24, 2.45) is 5.92 Å². The summed E-state index contributed by atoms with van der Waals surface area (Å²) in [6.45, 7) is -0.362. The summed E-state index contributed by atoms with van der Waals surface area (Å²) in [4.78, 5) is 0. The number of aliphatic hydroxyl groups excluding tert-OH is 1. The van der Waals surface area contributed by atoms with Gasteiger partial charge in [0.2, 0.25) is 6.43 Å². The van der Waals surface area contributed by atoms with E-state index in [2.05, 4.69) is 0 Å². The molecule has 0 spiro atoms. The number of β-amino-alcohol motifs (C(OH)–C–C–N with tert-alkyl or cyclic N) is 1. The zero-order valence-electron chi connectivity index (χ0n) is 9.18. The quantitative estimate of drug-likeness (QED) is 0.759. The zero-order valence-corrected chi connectivity index (χ0v) is 9.99. The van der Waals surface area contributed by atoms with Crippen molar-refractivity contribution in [2.75, 3.05) is 27.2 Å². The van der Waals surface area contributed by atoms with E-state index in [4.69, 9.17) is 0 Å². The van der Waals surface area contributed by atoms with Gasteiger partial charge in [0.05, 0.1) is 6.10 Å². The summed E-state index contributed by atoms with van der Waals surface area (Å²) in [5, 5.41) is 9.39. The first kappa shape index (κ1) is 13.8. The van der Waals surface area contributed by atoms with Crippen LogP contribution in [0.2, 0.25) is 0 Å². The van der Waals surface area contributed by atoms with Crippen molar-refractivity contribution in [2.45, 2.75) is 19.0 Å². The van der Waals surface area contributed by atoms with E-state index in [1.165, 1.54) is 14.1 Å². The number of nitrogens with zero attached hydrogens (tertiary/aromatic N) is 2. The molecule has 1 fully saturated rings. The predicted octanol–water partition coefficient (Wildman–Crippen LogP) is -0.259. The van der Waals surface area contributed by atoms with E-state index in [1.807, 2.05) is 0 Å². The second-order valence-corrected chi connectivity index (χ2v) is 6.23. The lowest BCUT2D eigenvalue weighted by molar-refractivity contribution is -0.00357. The smallest absolute Gasteiger partial charge is 0.281 e. The Morgan fingerprint density at radius 3 is 2.38 bits per heavy atom. The van der Waals surface area contributed by atoms with Crippen molar-refractivity contribution in [3.63, 3.8) is 0 Å². The molecule has 1 rings (SSSR count). The zero-order chi connectivity index (χ0) is 12.5. The van der Waals surface area contributed by atoms with Gasteiger partial charge in [-0.2, -0.15) is 17.0 Å². The topological polar surface area (TPSA) is 60.9 Å². The summed E-state index contributed by atoms with van der Waals surface area (Å²) in [6.07, 6.45) is -3.70. The first-order valence-electron chi connectivity index (χ1n) is 4.89. The van der Waals surface area contributed by atoms with E-state index in [0.717, 1.165) is 8.61 Å². The molecule has 0 aliphatic carbocycles. The molecule has 0 bridgehead atoms. The van der Waals surface area contributed by atoms with Crippen LogP contribution in [0, 0.1) is 5.92 Å². The third-order valence-corrected chi connectivity index (χ3v) is 4.45. The second kappa shape index (κ2) is 4.91. The van der Waals surface area contributed by atoms with Crippen LogP contribution < -0.4 is 0 Å². The Morgan fingerprint density at radius 1 is 1.38 bits per heavy atom. The van der Waals surface area contributed by atoms with E-state index in [1.54, 1.807) is 0 Å². The van der Waals surface area contributed by atoms with Crippen molar-refractivity contribution in [1.82, 2.24) is 8.61 Å². The first-order valence-corrected chi connectivity index (χ1v) is 6.28. The molecular formula is C8H16F2N2O3S. The summed E-state index contributed by atoms with van der Waals surface area (Å²) in [7, 11) is -1.07. The van der Waals surface area contributed by atoms with E-state index in [0.29, 0.717) is 0 Å². The van der Waals surface area contributed by atoms with Crippen LogP contribution in [0.15, 0.2) is 0 Å². The lowest BCUT2D eigenvalue weighted by Gasteiger charge is -2.35. The molecule has 16 heavy (non-hydrogen) atoms. The monoisotopic (exact) mass is 258 g/mol. The van der Waals surface area contributed by atoms with Crippen LogP contribution in [-0.2, 0) is 10.2 Å². The largest absolute Gasteiger partial charge is 0.392 e. The Morgan fingerprint density at radius 2 is 1.94 bits per heavy atom. The molecule has 1 unspecified atom stereocenters. The van der Waals surface area contributed by atoms with Crippen LogP contribution in [0.3, 0.4) is 0 Å². The fourth-order valence-electron chi connectivity index (χ4n) is 1.67. The Kier molecular flexibility index (Phi) is 4.22. The summed E-state index contributed by atoms with van der Waals surface area (Å²) in [5.41, 5.74) is 0. The summed E-state index contributed by atoms with van der Waals surface area (Å²) in [6, 6.07) is 0. The highest BCUT2D eigenvalue weighted by molar-refractivity contribution is 7.86. The van der Waals surface area contributed by atoms with Gasteiger partial charge in [0.15, 0.2) is 0 Å². The Balaban J connectivity index is 2.83. The van der Waals surface area contributed by atoms with Gasteiger partial charge in [0.25, 0.3) is 10.2 Å². The molecule has 1 heterocycles. The molecule has 5 nitrogen and oxygen atoms in total. The van der Waals surface area contributed by atoms with E-state index in [-0.39, 0.29) is 19.5 Å². The third-order valence-electron chi connectivity index (χ3n) is 2.57. The number of halogens is 2. The van der Waals surface area contributed by atoms with Crippen molar-refractivity contribution >= 4 is 10.2 Å². The normalized spacial score (nSPS) is 28.9. The summed E-state index contributed by atoms with van der Waals surface area (Å²) in [5.74, 6) is -1.10. The molecule has 8 heteroatoms. The molecule has 2 atom stereocenters. The highest BCUT2D eigenvalue weighted by Gasteiger charge is 2.37. The van der Waals surface area contributed by atoms with Crippen LogP contribution in [0.5, 0.6) is 0 Å². The van der Waals surface area contributed by atoms with Gasteiger partial charge in [-0.25, -0.2) is 8.78 Å². The van der Waals surface area contributed by atoms with Crippen molar-refractivity contribution in [1.29, 1.82) is 0 Å². The average molecular weight is 258 g/mol. The minimum atomic E-state index is -3.73.